The van der Waals surface area contributed by atoms with Gasteiger partial charge in [0.05, 0.1) is 12.6 Å². The molecule has 0 amide bonds. The van der Waals surface area contributed by atoms with Crippen LogP contribution in [0.2, 0.25) is 0 Å². The Kier molecular flexibility index (Phi) is 4.54. The summed E-state index contributed by atoms with van der Waals surface area (Å²) < 4.78 is 2.07. The number of hydrogen-bond donors (Lipinski definition) is 1. The first-order valence-electron chi connectivity index (χ1n) is 6.91. The van der Waals surface area contributed by atoms with Crippen LogP contribution in [0, 0.1) is 11.3 Å². The number of nitrogens with one attached hydrogen (secondary N) is 1. The lowest BCUT2D eigenvalue weighted by Crippen LogP contribution is -2.42. The van der Waals surface area contributed by atoms with Gasteiger partial charge in [0.15, 0.2) is 0 Å². The van der Waals surface area contributed by atoms with Gasteiger partial charge in [0.2, 0.25) is 0 Å². The molecule has 0 aliphatic rings. The van der Waals surface area contributed by atoms with Crippen LogP contribution in [-0.4, -0.2) is 16.6 Å². The van der Waals surface area contributed by atoms with E-state index < -0.39 is 5.54 Å². The topological polar surface area (TPSA) is 53.6 Å². The molecule has 20 heavy (non-hydrogen) atoms. The van der Waals surface area contributed by atoms with Crippen LogP contribution in [0.1, 0.15) is 24.7 Å². The van der Waals surface area contributed by atoms with E-state index in [1.54, 1.807) is 6.20 Å². The summed E-state index contributed by atoms with van der Waals surface area (Å²) in [4.78, 5) is 4.38. The molecular formula is C16H20N4. The molecule has 1 aromatic carbocycles. The molecule has 0 saturated carbocycles. The summed E-state index contributed by atoms with van der Waals surface area (Å²) in [6, 6.07) is 12.3. The highest BCUT2D eigenvalue weighted by molar-refractivity contribution is 5.31. The SMILES string of the molecule is CCCc1nccn1CC(C#N)(NC)c1ccccc1. The molecule has 0 aliphatic heterocycles. The van der Waals surface area contributed by atoms with Crippen molar-refractivity contribution in [3.63, 3.8) is 0 Å². The summed E-state index contributed by atoms with van der Waals surface area (Å²) >= 11 is 0. The Morgan fingerprint density at radius 1 is 1.35 bits per heavy atom. The maximum absolute atomic E-state index is 9.70. The average molecular weight is 268 g/mol. The molecule has 1 N–H and O–H groups in total. The Morgan fingerprint density at radius 3 is 2.70 bits per heavy atom. The second-order valence-electron chi connectivity index (χ2n) is 4.85. The number of nitriles is 1. The molecule has 0 fully saturated rings. The van der Waals surface area contributed by atoms with Crippen molar-refractivity contribution in [2.24, 2.45) is 0 Å². The maximum Gasteiger partial charge on any atom is 0.150 e. The van der Waals surface area contributed by atoms with Gasteiger partial charge in [0.1, 0.15) is 11.4 Å². The molecule has 0 spiro atoms. The number of imidazole rings is 1. The Bertz CT molecular complexity index is 582. The third-order valence-corrected chi connectivity index (χ3v) is 3.57. The van der Waals surface area contributed by atoms with Gasteiger partial charge in [-0.1, -0.05) is 37.3 Å². The Labute approximate surface area is 120 Å². The minimum Gasteiger partial charge on any atom is -0.332 e. The largest absolute Gasteiger partial charge is 0.332 e. The fraction of sp³-hybridized carbons (Fsp3) is 0.375. The lowest BCUT2D eigenvalue weighted by Gasteiger charge is -2.27. The normalized spacial score (nSPS) is 13.7. The van der Waals surface area contributed by atoms with Crippen LogP contribution in [0.15, 0.2) is 42.7 Å². The molecule has 0 bridgehead atoms. The van der Waals surface area contributed by atoms with E-state index in [0.29, 0.717) is 6.54 Å². The van der Waals surface area contributed by atoms with Gasteiger partial charge >= 0.3 is 0 Å². The Hall–Kier alpha value is -2.12. The monoisotopic (exact) mass is 268 g/mol. The van der Waals surface area contributed by atoms with Gasteiger partial charge in [-0.05, 0) is 19.0 Å². The second-order valence-corrected chi connectivity index (χ2v) is 4.85. The fourth-order valence-electron chi connectivity index (χ4n) is 2.38. The van der Waals surface area contributed by atoms with Gasteiger partial charge in [-0.15, -0.1) is 0 Å². The number of aryl methyl sites for hydroxylation is 1. The molecule has 1 unspecified atom stereocenters. The number of aromatic nitrogens is 2. The number of benzene rings is 1. The van der Waals surface area contributed by atoms with Crippen LogP contribution in [0.5, 0.6) is 0 Å². The first kappa shape index (κ1) is 14.3. The first-order chi connectivity index (χ1) is 9.75. The van der Waals surface area contributed by atoms with Crippen molar-refractivity contribution in [1.29, 1.82) is 5.26 Å². The highest BCUT2D eigenvalue weighted by Crippen LogP contribution is 2.23. The molecule has 1 heterocycles. The molecule has 2 aromatic rings. The molecule has 1 aromatic heterocycles. The number of rotatable bonds is 6. The molecule has 1 atom stereocenters. The third-order valence-electron chi connectivity index (χ3n) is 3.57. The summed E-state index contributed by atoms with van der Waals surface area (Å²) in [6.07, 6.45) is 5.71. The minimum atomic E-state index is -0.732. The molecule has 0 aliphatic carbocycles. The standard InChI is InChI=1S/C16H20N4/c1-3-7-15-19-10-11-20(15)13-16(12-17,18-2)14-8-5-4-6-9-14/h4-6,8-11,18H,3,7,13H2,1-2H3. The van der Waals surface area contributed by atoms with E-state index in [0.717, 1.165) is 24.2 Å². The first-order valence-corrected chi connectivity index (χ1v) is 6.91. The quantitative estimate of drug-likeness (QED) is 0.875. The van der Waals surface area contributed by atoms with Crippen molar-refractivity contribution >= 4 is 0 Å². The van der Waals surface area contributed by atoms with E-state index in [2.05, 4.69) is 27.9 Å². The van der Waals surface area contributed by atoms with Crippen molar-refractivity contribution in [2.45, 2.75) is 31.8 Å². The molecule has 4 heteroatoms. The van der Waals surface area contributed by atoms with E-state index in [1.807, 2.05) is 43.6 Å². The van der Waals surface area contributed by atoms with Crippen LogP contribution >= 0.6 is 0 Å². The maximum atomic E-state index is 9.70. The van der Waals surface area contributed by atoms with Crippen LogP contribution in [0.3, 0.4) is 0 Å². The van der Waals surface area contributed by atoms with Crippen LogP contribution in [0.25, 0.3) is 0 Å². The molecule has 104 valence electrons. The lowest BCUT2D eigenvalue weighted by atomic mass is 9.91. The zero-order valence-electron chi connectivity index (χ0n) is 12.0. The van der Waals surface area contributed by atoms with E-state index in [1.165, 1.54) is 0 Å². The zero-order chi connectivity index (χ0) is 14.4. The molecule has 0 saturated heterocycles. The van der Waals surface area contributed by atoms with E-state index in [-0.39, 0.29) is 0 Å². The van der Waals surface area contributed by atoms with Gasteiger partial charge in [0, 0.05) is 18.8 Å². The van der Waals surface area contributed by atoms with E-state index in [9.17, 15) is 5.26 Å². The highest BCUT2D eigenvalue weighted by atomic mass is 15.1. The van der Waals surface area contributed by atoms with Crippen molar-refractivity contribution in [2.75, 3.05) is 7.05 Å². The minimum absolute atomic E-state index is 0.555. The number of nitrogens with zero attached hydrogens (tertiary/aromatic N) is 3. The fourth-order valence-corrected chi connectivity index (χ4v) is 2.38. The van der Waals surface area contributed by atoms with Crippen LogP contribution in [0.4, 0.5) is 0 Å². The zero-order valence-corrected chi connectivity index (χ0v) is 12.0. The smallest absolute Gasteiger partial charge is 0.150 e. The Balaban J connectivity index is 2.35. The Morgan fingerprint density at radius 2 is 2.10 bits per heavy atom. The predicted octanol–water partition coefficient (Wildman–Crippen LogP) is 2.47. The van der Waals surface area contributed by atoms with E-state index >= 15 is 0 Å². The van der Waals surface area contributed by atoms with Gasteiger partial charge in [-0.3, -0.25) is 5.32 Å². The van der Waals surface area contributed by atoms with Crippen molar-refractivity contribution in [1.82, 2.24) is 14.9 Å². The summed E-state index contributed by atoms with van der Waals surface area (Å²) in [6.45, 7) is 2.69. The molecule has 4 nitrogen and oxygen atoms in total. The van der Waals surface area contributed by atoms with Gasteiger partial charge in [-0.2, -0.15) is 5.26 Å². The summed E-state index contributed by atoms with van der Waals surface area (Å²) in [7, 11) is 1.83. The second kappa shape index (κ2) is 6.36. The van der Waals surface area contributed by atoms with Crippen LogP contribution in [-0.2, 0) is 18.5 Å². The highest BCUT2D eigenvalue weighted by Gasteiger charge is 2.31. The van der Waals surface area contributed by atoms with Crippen LogP contribution < -0.4 is 5.32 Å². The molecular weight excluding hydrogens is 248 g/mol. The summed E-state index contributed by atoms with van der Waals surface area (Å²) in [5, 5.41) is 12.9. The van der Waals surface area contributed by atoms with E-state index in [4.69, 9.17) is 0 Å². The van der Waals surface area contributed by atoms with Gasteiger partial charge in [-0.25, -0.2) is 4.98 Å². The molecule has 2 rings (SSSR count). The van der Waals surface area contributed by atoms with Crippen molar-refractivity contribution in [3.8, 4) is 6.07 Å². The average Bonchev–Trinajstić information content (AvgIpc) is 2.93. The third kappa shape index (κ3) is 2.73. The lowest BCUT2D eigenvalue weighted by molar-refractivity contribution is 0.390. The molecule has 0 radical (unpaired) electrons. The van der Waals surface area contributed by atoms with Crippen molar-refractivity contribution < 1.29 is 0 Å². The summed E-state index contributed by atoms with van der Waals surface area (Å²) in [5.41, 5.74) is 0.242. The van der Waals surface area contributed by atoms with Gasteiger partial charge in [0.25, 0.3) is 0 Å². The summed E-state index contributed by atoms with van der Waals surface area (Å²) in [5.74, 6) is 1.03. The number of likely N-dealkylation sites (N-methyl/N-ethyl adjacent to an activating group) is 1. The predicted molar refractivity (Wildman–Crippen MR) is 79.0 cm³/mol. The van der Waals surface area contributed by atoms with Crippen molar-refractivity contribution in [3.05, 3.63) is 54.1 Å². The number of hydrogen-bond acceptors (Lipinski definition) is 3. The van der Waals surface area contributed by atoms with Gasteiger partial charge < -0.3 is 4.57 Å².